The Morgan fingerprint density at radius 1 is 1.06 bits per heavy atom. The molecule has 2 aliphatic rings. The van der Waals surface area contributed by atoms with Gasteiger partial charge in [-0.25, -0.2) is 0 Å². The number of carbonyl (C=O) groups is 1. The molecule has 1 N–H and O–H groups in total. The number of anilines is 2. The fraction of sp³-hybridized carbons (Fsp3) is 0.500. The summed E-state index contributed by atoms with van der Waals surface area (Å²) >= 11 is 0. The molecule has 96 valence electrons. The molecule has 0 spiro atoms. The van der Waals surface area contributed by atoms with Crippen molar-refractivity contribution in [3.05, 3.63) is 24.3 Å². The van der Waals surface area contributed by atoms with E-state index in [1.165, 1.54) is 18.5 Å². The number of amides is 1. The van der Waals surface area contributed by atoms with Gasteiger partial charge < -0.3 is 15.1 Å². The minimum Gasteiger partial charge on any atom is -0.371 e. The highest BCUT2D eigenvalue weighted by molar-refractivity contribution is 5.96. The molecule has 1 amide bonds. The Kier molecular flexibility index (Phi) is 3.19. The normalized spacial score (nSPS) is 20.6. The SMILES string of the molecule is O=C1CNCCN1c1cccc(N2CCCC2)c1. The van der Waals surface area contributed by atoms with Gasteiger partial charge in [0.15, 0.2) is 0 Å². The van der Waals surface area contributed by atoms with E-state index in [2.05, 4.69) is 28.4 Å². The second-order valence-corrected chi connectivity index (χ2v) is 4.94. The minimum absolute atomic E-state index is 0.167. The number of hydrogen-bond acceptors (Lipinski definition) is 3. The lowest BCUT2D eigenvalue weighted by Gasteiger charge is -2.28. The molecule has 0 aromatic heterocycles. The summed E-state index contributed by atoms with van der Waals surface area (Å²) in [7, 11) is 0. The third-order valence-corrected chi connectivity index (χ3v) is 3.70. The summed E-state index contributed by atoms with van der Waals surface area (Å²) in [5, 5.41) is 3.10. The van der Waals surface area contributed by atoms with Crippen molar-refractivity contribution in [1.82, 2.24) is 5.32 Å². The van der Waals surface area contributed by atoms with Crippen LogP contribution >= 0.6 is 0 Å². The van der Waals surface area contributed by atoms with Crippen molar-refractivity contribution in [3.8, 4) is 0 Å². The molecule has 0 aliphatic carbocycles. The van der Waals surface area contributed by atoms with E-state index in [1.54, 1.807) is 0 Å². The predicted molar refractivity (Wildman–Crippen MR) is 73.1 cm³/mol. The predicted octanol–water partition coefficient (Wildman–Crippen LogP) is 1.22. The van der Waals surface area contributed by atoms with E-state index in [9.17, 15) is 4.79 Å². The topological polar surface area (TPSA) is 35.6 Å². The third-order valence-electron chi connectivity index (χ3n) is 3.70. The lowest BCUT2D eigenvalue weighted by Crippen LogP contribution is -2.48. The summed E-state index contributed by atoms with van der Waals surface area (Å²) in [5.41, 5.74) is 2.28. The van der Waals surface area contributed by atoms with Crippen molar-refractivity contribution in [3.63, 3.8) is 0 Å². The summed E-state index contributed by atoms with van der Waals surface area (Å²) in [6, 6.07) is 8.37. The molecule has 0 saturated carbocycles. The summed E-state index contributed by atoms with van der Waals surface area (Å²) in [6.45, 7) is 4.37. The van der Waals surface area contributed by atoms with Gasteiger partial charge in [0.1, 0.15) is 0 Å². The van der Waals surface area contributed by atoms with Crippen LogP contribution in [-0.2, 0) is 4.79 Å². The Morgan fingerprint density at radius 3 is 2.61 bits per heavy atom. The van der Waals surface area contributed by atoms with Crippen molar-refractivity contribution in [2.45, 2.75) is 12.8 Å². The van der Waals surface area contributed by atoms with E-state index in [-0.39, 0.29) is 5.91 Å². The van der Waals surface area contributed by atoms with Crippen LogP contribution in [-0.4, -0.2) is 38.6 Å². The van der Waals surface area contributed by atoms with Crippen LogP contribution in [0, 0.1) is 0 Å². The van der Waals surface area contributed by atoms with Crippen LogP contribution in [0.1, 0.15) is 12.8 Å². The van der Waals surface area contributed by atoms with Crippen LogP contribution in [0.4, 0.5) is 11.4 Å². The highest BCUT2D eigenvalue weighted by atomic mass is 16.2. The molecule has 4 heteroatoms. The molecule has 2 saturated heterocycles. The van der Waals surface area contributed by atoms with Gasteiger partial charge in [0, 0.05) is 37.6 Å². The van der Waals surface area contributed by atoms with Crippen molar-refractivity contribution in [1.29, 1.82) is 0 Å². The quantitative estimate of drug-likeness (QED) is 0.851. The first-order valence-corrected chi connectivity index (χ1v) is 6.71. The second kappa shape index (κ2) is 4.98. The van der Waals surface area contributed by atoms with Gasteiger partial charge in [-0.15, -0.1) is 0 Å². The van der Waals surface area contributed by atoms with Crippen LogP contribution in [0.15, 0.2) is 24.3 Å². The van der Waals surface area contributed by atoms with Crippen molar-refractivity contribution in [2.75, 3.05) is 42.5 Å². The van der Waals surface area contributed by atoms with E-state index in [0.29, 0.717) is 6.54 Å². The average Bonchev–Trinajstić information content (AvgIpc) is 2.93. The first-order valence-electron chi connectivity index (χ1n) is 6.71. The molecule has 1 aromatic carbocycles. The van der Waals surface area contributed by atoms with Crippen molar-refractivity contribution < 1.29 is 4.79 Å². The molecule has 0 unspecified atom stereocenters. The zero-order valence-electron chi connectivity index (χ0n) is 10.6. The van der Waals surface area contributed by atoms with Crippen LogP contribution < -0.4 is 15.1 Å². The molecule has 0 atom stereocenters. The standard InChI is InChI=1S/C14H19N3O/c18-14-11-15-6-9-17(14)13-5-3-4-12(10-13)16-7-1-2-8-16/h3-5,10,15H,1-2,6-9,11H2. The first-order chi connectivity index (χ1) is 8.84. The Balaban J connectivity index is 1.83. The van der Waals surface area contributed by atoms with Gasteiger partial charge in [0.25, 0.3) is 0 Å². The molecule has 2 fully saturated rings. The van der Waals surface area contributed by atoms with Crippen molar-refractivity contribution >= 4 is 17.3 Å². The third kappa shape index (κ3) is 2.20. The second-order valence-electron chi connectivity index (χ2n) is 4.94. The van der Waals surface area contributed by atoms with E-state index >= 15 is 0 Å². The Hall–Kier alpha value is -1.55. The molecule has 2 aliphatic heterocycles. The number of carbonyl (C=O) groups excluding carboxylic acids is 1. The summed E-state index contributed by atoms with van der Waals surface area (Å²) < 4.78 is 0. The zero-order chi connectivity index (χ0) is 12.4. The molecular weight excluding hydrogens is 226 g/mol. The molecular formula is C14H19N3O. The fourth-order valence-electron chi connectivity index (χ4n) is 2.71. The van der Waals surface area contributed by atoms with Crippen LogP contribution in [0.25, 0.3) is 0 Å². The van der Waals surface area contributed by atoms with Crippen LogP contribution in [0.2, 0.25) is 0 Å². The largest absolute Gasteiger partial charge is 0.371 e. The number of nitrogens with one attached hydrogen (secondary N) is 1. The van der Waals surface area contributed by atoms with Gasteiger partial charge in [0.05, 0.1) is 6.54 Å². The highest BCUT2D eigenvalue weighted by Crippen LogP contribution is 2.25. The Morgan fingerprint density at radius 2 is 1.83 bits per heavy atom. The summed E-state index contributed by atoms with van der Waals surface area (Å²) in [5.74, 6) is 0.167. The summed E-state index contributed by atoms with van der Waals surface area (Å²) in [4.78, 5) is 16.2. The first kappa shape index (κ1) is 11.5. The lowest BCUT2D eigenvalue weighted by molar-refractivity contribution is -0.118. The van der Waals surface area contributed by atoms with Gasteiger partial charge in [-0.3, -0.25) is 4.79 Å². The number of nitrogens with zero attached hydrogens (tertiary/aromatic N) is 2. The Labute approximate surface area is 108 Å². The monoisotopic (exact) mass is 245 g/mol. The van der Waals surface area contributed by atoms with E-state index in [4.69, 9.17) is 0 Å². The molecule has 0 radical (unpaired) electrons. The van der Waals surface area contributed by atoms with E-state index in [1.807, 2.05) is 11.0 Å². The van der Waals surface area contributed by atoms with Gasteiger partial charge >= 0.3 is 0 Å². The maximum Gasteiger partial charge on any atom is 0.240 e. The number of rotatable bonds is 2. The molecule has 1 aromatic rings. The van der Waals surface area contributed by atoms with E-state index in [0.717, 1.165) is 31.9 Å². The fourth-order valence-corrected chi connectivity index (χ4v) is 2.71. The maximum absolute atomic E-state index is 11.9. The Bertz CT molecular complexity index is 440. The highest BCUT2D eigenvalue weighted by Gasteiger charge is 2.20. The number of piperazine rings is 1. The smallest absolute Gasteiger partial charge is 0.240 e. The molecule has 0 bridgehead atoms. The van der Waals surface area contributed by atoms with Gasteiger partial charge in [-0.05, 0) is 31.0 Å². The van der Waals surface area contributed by atoms with Gasteiger partial charge in [0.2, 0.25) is 5.91 Å². The number of hydrogen-bond donors (Lipinski definition) is 1. The molecule has 3 rings (SSSR count). The molecule has 18 heavy (non-hydrogen) atoms. The van der Waals surface area contributed by atoms with Gasteiger partial charge in [-0.2, -0.15) is 0 Å². The van der Waals surface area contributed by atoms with Crippen LogP contribution in [0.3, 0.4) is 0 Å². The zero-order valence-corrected chi connectivity index (χ0v) is 10.6. The molecule has 4 nitrogen and oxygen atoms in total. The minimum atomic E-state index is 0.167. The van der Waals surface area contributed by atoms with E-state index < -0.39 is 0 Å². The number of benzene rings is 1. The van der Waals surface area contributed by atoms with Crippen molar-refractivity contribution in [2.24, 2.45) is 0 Å². The lowest BCUT2D eigenvalue weighted by atomic mass is 10.2. The molecule has 2 heterocycles. The summed E-state index contributed by atoms with van der Waals surface area (Å²) in [6.07, 6.45) is 2.55. The maximum atomic E-state index is 11.9. The van der Waals surface area contributed by atoms with Gasteiger partial charge in [-0.1, -0.05) is 6.07 Å². The van der Waals surface area contributed by atoms with Crippen LogP contribution in [0.5, 0.6) is 0 Å². The average molecular weight is 245 g/mol.